The van der Waals surface area contributed by atoms with Crippen molar-refractivity contribution in [1.29, 1.82) is 0 Å². The Morgan fingerprint density at radius 1 is 1.23 bits per heavy atom. The quantitative estimate of drug-likeness (QED) is 0.0612. The van der Waals surface area contributed by atoms with Gasteiger partial charge in [0.05, 0.1) is 6.61 Å². The molecule has 2 rings (SSSR count). The van der Waals surface area contributed by atoms with Gasteiger partial charge in [0.2, 0.25) is 6.41 Å². The number of nitrogens with one attached hydrogen (secondary N) is 1. The maximum absolute atomic E-state index is 11.1. The zero-order chi connectivity index (χ0) is 29.3. The first-order valence-corrected chi connectivity index (χ1v) is 13.9. The number of carbonyl (C=O) groups is 2. The number of ether oxygens (including phenoxy) is 2. The SMILES string of the molecule is C/C=C\CCCC.CC(CO[N+](=O)[O-])OC(=O)C(C)NC=O.Clc1cccc(OCC/C=C/C2CCCC2)c1. The number of esters is 1. The van der Waals surface area contributed by atoms with E-state index in [4.69, 9.17) is 21.1 Å². The van der Waals surface area contributed by atoms with Gasteiger partial charge < -0.3 is 19.6 Å². The van der Waals surface area contributed by atoms with Crippen molar-refractivity contribution in [2.45, 2.75) is 91.2 Å². The summed E-state index contributed by atoms with van der Waals surface area (Å²) >= 11 is 5.88. The Bertz CT molecular complexity index is 858. The molecule has 1 amide bonds. The number of rotatable bonds is 15. The van der Waals surface area contributed by atoms with Crippen molar-refractivity contribution >= 4 is 24.0 Å². The smallest absolute Gasteiger partial charge is 0.328 e. The van der Waals surface area contributed by atoms with Crippen LogP contribution in [0, 0.1) is 16.0 Å². The topological polar surface area (TPSA) is 117 Å². The minimum atomic E-state index is -0.975. The van der Waals surface area contributed by atoms with Gasteiger partial charge in [0.25, 0.3) is 5.09 Å². The van der Waals surface area contributed by atoms with E-state index in [2.05, 4.69) is 48.3 Å². The zero-order valence-corrected chi connectivity index (χ0v) is 24.4. The van der Waals surface area contributed by atoms with Crippen LogP contribution in [0.5, 0.6) is 5.75 Å². The zero-order valence-electron chi connectivity index (χ0n) is 23.7. The van der Waals surface area contributed by atoms with Gasteiger partial charge in [0, 0.05) is 5.02 Å². The molecule has 1 saturated carbocycles. The number of hydrogen-bond acceptors (Lipinski definition) is 7. The lowest BCUT2D eigenvalue weighted by Crippen LogP contribution is -2.37. The van der Waals surface area contributed by atoms with Gasteiger partial charge in [-0.05, 0) is 70.6 Å². The predicted molar refractivity (Wildman–Crippen MR) is 154 cm³/mol. The second-order valence-corrected chi connectivity index (χ2v) is 9.49. The van der Waals surface area contributed by atoms with E-state index in [0.29, 0.717) is 6.41 Å². The van der Waals surface area contributed by atoms with Crippen molar-refractivity contribution in [3.05, 3.63) is 63.7 Å². The normalized spacial score (nSPS) is 14.4. The molecule has 10 heteroatoms. The summed E-state index contributed by atoms with van der Waals surface area (Å²) in [6, 6.07) is 6.76. The number of halogens is 1. The highest BCUT2D eigenvalue weighted by Crippen LogP contribution is 2.25. The molecule has 0 aliphatic heterocycles. The Morgan fingerprint density at radius 2 is 1.95 bits per heavy atom. The minimum absolute atomic E-state index is 0.341. The summed E-state index contributed by atoms with van der Waals surface area (Å²) < 4.78 is 10.3. The van der Waals surface area contributed by atoms with Crippen LogP contribution in [0.3, 0.4) is 0 Å². The number of unbranched alkanes of at least 4 members (excludes halogenated alkanes) is 2. The van der Waals surface area contributed by atoms with Crippen LogP contribution in [0.1, 0.15) is 79.1 Å². The van der Waals surface area contributed by atoms with Crippen molar-refractivity contribution < 1.29 is 29.0 Å². The molecule has 0 saturated heterocycles. The molecule has 0 radical (unpaired) electrons. The Labute approximate surface area is 238 Å². The molecule has 2 unspecified atom stereocenters. The molecule has 2 atom stereocenters. The molecule has 1 fully saturated rings. The van der Waals surface area contributed by atoms with E-state index >= 15 is 0 Å². The Kier molecular flexibility index (Phi) is 22.1. The maximum Gasteiger partial charge on any atom is 0.328 e. The molecule has 0 spiro atoms. The van der Waals surface area contributed by atoms with E-state index in [0.717, 1.165) is 29.7 Å². The number of amides is 1. The lowest BCUT2D eigenvalue weighted by atomic mass is 10.1. The van der Waals surface area contributed by atoms with Crippen molar-refractivity contribution in [1.82, 2.24) is 5.32 Å². The van der Waals surface area contributed by atoms with Gasteiger partial charge in [-0.3, -0.25) is 4.79 Å². The first-order chi connectivity index (χ1) is 18.7. The van der Waals surface area contributed by atoms with E-state index in [1.165, 1.54) is 58.8 Å². The van der Waals surface area contributed by atoms with Crippen LogP contribution in [-0.2, 0) is 19.2 Å². The van der Waals surface area contributed by atoms with Gasteiger partial charge in [0.15, 0.2) is 0 Å². The van der Waals surface area contributed by atoms with Crippen molar-refractivity contribution in [2.75, 3.05) is 13.2 Å². The molecular weight excluding hydrogens is 524 g/mol. The van der Waals surface area contributed by atoms with Crippen molar-refractivity contribution in [2.24, 2.45) is 5.92 Å². The summed E-state index contributed by atoms with van der Waals surface area (Å²) in [5.41, 5.74) is 0. The lowest BCUT2D eigenvalue weighted by molar-refractivity contribution is -0.759. The molecule has 0 heterocycles. The Morgan fingerprint density at radius 3 is 2.54 bits per heavy atom. The molecule has 9 nitrogen and oxygen atoms in total. The Balaban J connectivity index is 0.000000604. The number of benzene rings is 1. The molecule has 1 aliphatic carbocycles. The largest absolute Gasteiger partial charge is 0.493 e. The minimum Gasteiger partial charge on any atom is -0.493 e. The van der Waals surface area contributed by atoms with E-state index in [9.17, 15) is 19.7 Å². The fraction of sp³-hybridized carbons (Fsp3) is 0.586. The highest BCUT2D eigenvalue weighted by molar-refractivity contribution is 6.30. The third-order valence-electron chi connectivity index (χ3n) is 5.52. The average Bonchev–Trinajstić information content (AvgIpc) is 3.42. The average molecular weight is 569 g/mol. The fourth-order valence-electron chi connectivity index (χ4n) is 3.40. The molecular formula is C29H45ClN2O7. The predicted octanol–water partition coefficient (Wildman–Crippen LogP) is 6.87. The fourth-order valence-corrected chi connectivity index (χ4v) is 3.58. The summed E-state index contributed by atoms with van der Waals surface area (Å²) in [6.45, 7) is 7.53. The maximum atomic E-state index is 11.1. The molecule has 0 aromatic heterocycles. The van der Waals surface area contributed by atoms with Gasteiger partial charge in [-0.1, -0.05) is 74.6 Å². The van der Waals surface area contributed by atoms with Crippen molar-refractivity contribution in [3.63, 3.8) is 0 Å². The summed E-state index contributed by atoms with van der Waals surface area (Å²) in [5.74, 6) is 0.995. The van der Waals surface area contributed by atoms with Crippen LogP contribution in [0.15, 0.2) is 48.6 Å². The van der Waals surface area contributed by atoms with Gasteiger partial charge in [0.1, 0.15) is 24.5 Å². The highest BCUT2D eigenvalue weighted by atomic mass is 35.5. The second-order valence-electron chi connectivity index (χ2n) is 9.05. The molecule has 1 aromatic carbocycles. The third kappa shape index (κ3) is 21.5. The third-order valence-corrected chi connectivity index (χ3v) is 5.76. The van der Waals surface area contributed by atoms with Gasteiger partial charge in [-0.15, -0.1) is 10.1 Å². The van der Waals surface area contributed by atoms with Crippen LogP contribution >= 0.6 is 11.6 Å². The Hall–Kier alpha value is -3.07. The molecule has 0 bridgehead atoms. The van der Waals surface area contributed by atoms with E-state index < -0.39 is 23.2 Å². The standard InChI is InChI=1S/C15H19ClO.C7H12N2O6.C7H14/c16-14-9-5-10-15(12-14)17-11-4-3-8-13-6-1-2-7-13;1-5(3-14-9(12)13)15-7(11)6(2)8-4-10;1-3-5-7-6-4-2/h3,5,8-10,12-13H,1-2,4,6-7,11H2;4-6H,3H2,1-2H3,(H,8,10);3,5H,4,6-7H2,1-2H3/b8-3+;;5-3-. The van der Waals surface area contributed by atoms with Gasteiger partial charge in [-0.2, -0.15) is 0 Å². The van der Waals surface area contributed by atoms with Crippen LogP contribution < -0.4 is 10.1 Å². The molecule has 1 aromatic rings. The number of hydrogen-bond donors (Lipinski definition) is 1. The van der Waals surface area contributed by atoms with Crippen LogP contribution in [0.4, 0.5) is 0 Å². The molecule has 220 valence electrons. The van der Waals surface area contributed by atoms with Crippen molar-refractivity contribution in [3.8, 4) is 5.75 Å². The molecule has 1 aliphatic rings. The second kappa shape index (κ2) is 24.0. The summed E-state index contributed by atoms with van der Waals surface area (Å²) in [7, 11) is 0. The lowest BCUT2D eigenvalue weighted by Gasteiger charge is -2.15. The summed E-state index contributed by atoms with van der Waals surface area (Å²) in [5, 5.41) is 11.7. The summed E-state index contributed by atoms with van der Waals surface area (Å²) in [6.07, 6.45) is 18.9. The highest BCUT2D eigenvalue weighted by Gasteiger charge is 2.17. The van der Waals surface area contributed by atoms with Crippen LogP contribution in [0.25, 0.3) is 0 Å². The number of carbonyl (C=O) groups excluding carboxylic acids is 2. The van der Waals surface area contributed by atoms with Gasteiger partial charge >= 0.3 is 5.97 Å². The number of nitrogens with zero attached hydrogens (tertiary/aromatic N) is 1. The first kappa shape index (κ1) is 35.9. The van der Waals surface area contributed by atoms with Crippen LogP contribution in [0.2, 0.25) is 5.02 Å². The monoisotopic (exact) mass is 568 g/mol. The summed E-state index contributed by atoms with van der Waals surface area (Å²) in [4.78, 5) is 34.9. The van der Waals surface area contributed by atoms with Crippen LogP contribution in [-0.4, -0.2) is 42.8 Å². The number of allylic oxidation sites excluding steroid dienone is 3. The van der Waals surface area contributed by atoms with E-state index in [-0.39, 0.29) is 6.61 Å². The van der Waals surface area contributed by atoms with Gasteiger partial charge in [-0.25, -0.2) is 4.79 Å². The van der Waals surface area contributed by atoms with E-state index in [1.54, 1.807) is 0 Å². The first-order valence-electron chi connectivity index (χ1n) is 13.6. The molecule has 1 N–H and O–H groups in total. The van der Waals surface area contributed by atoms with E-state index in [1.807, 2.05) is 24.3 Å². The molecule has 39 heavy (non-hydrogen) atoms.